The average molecular weight is 266 g/mol. The zero-order valence-electron chi connectivity index (χ0n) is 10.8. The number of anilines is 1. The van der Waals surface area contributed by atoms with Crippen LogP contribution in [0.5, 0.6) is 0 Å². The number of carbonyl (C=O) groups is 1. The van der Waals surface area contributed by atoms with E-state index in [9.17, 15) is 4.79 Å². The maximum Gasteiger partial charge on any atom is 0.224 e. The number of rotatable bonds is 5. The largest absolute Gasteiger partial charge is 0.389 e. The van der Waals surface area contributed by atoms with Crippen LogP contribution < -0.4 is 16.0 Å². The molecular formula is C12H18N4OS. The standard InChI is InChI=1S/C12H18N4OS/c1-8(12(17)14-2)7-16(3)10-5-4-9(6-15-10)11(13)18/h4-6,8H,7H2,1-3H3,(H2,13,18)(H,14,17). The van der Waals surface area contributed by atoms with Gasteiger partial charge in [-0.3, -0.25) is 4.79 Å². The number of aromatic nitrogens is 1. The van der Waals surface area contributed by atoms with E-state index in [1.165, 1.54) is 0 Å². The molecule has 0 aromatic carbocycles. The van der Waals surface area contributed by atoms with Crippen LogP contribution in [0.25, 0.3) is 0 Å². The summed E-state index contributed by atoms with van der Waals surface area (Å²) in [6.45, 7) is 2.47. The Balaban J connectivity index is 2.69. The van der Waals surface area contributed by atoms with Crippen LogP contribution >= 0.6 is 12.2 Å². The van der Waals surface area contributed by atoms with Crippen LogP contribution in [0.3, 0.4) is 0 Å². The van der Waals surface area contributed by atoms with Gasteiger partial charge in [0.1, 0.15) is 10.8 Å². The van der Waals surface area contributed by atoms with Crippen molar-refractivity contribution >= 4 is 28.9 Å². The smallest absolute Gasteiger partial charge is 0.224 e. The number of thiocarbonyl (C=S) groups is 1. The second kappa shape index (κ2) is 6.30. The van der Waals surface area contributed by atoms with Gasteiger partial charge in [-0.15, -0.1) is 0 Å². The molecule has 98 valence electrons. The Morgan fingerprint density at radius 2 is 2.28 bits per heavy atom. The van der Waals surface area contributed by atoms with Crippen molar-refractivity contribution in [2.24, 2.45) is 11.7 Å². The molecule has 0 bridgehead atoms. The maximum atomic E-state index is 11.4. The number of hydrogen-bond acceptors (Lipinski definition) is 4. The fraction of sp³-hybridized carbons (Fsp3) is 0.417. The molecule has 1 aromatic rings. The highest BCUT2D eigenvalue weighted by Gasteiger charge is 2.14. The number of carbonyl (C=O) groups excluding carboxylic acids is 1. The summed E-state index contributed by atoms with van der Waals surface area (Å²) >= 11 is 4.86. The third kappa shape index (κ3) is 3.66. The fourth-order valence-corrected chi connectivity index (χ4v) is 1.71. The van der Waals surface area contributed by atoms with E-state index in [1.807, 2.05) is 31.0 Å². The second-order valence-corrected chi connectivity index (χ2v) is 4.60. The third-order valence-corrected chi connectivity index (χ3v) is 2.90. The van der Waals surface area contributed by atoms with Crippen LogP contribution in [-0.2, 0) is 4.79 Å². The van der Waals surface area contributed by atoms with Crippen LogP contribution in [0.15, 0.2) is 18.3 Å². The van der Waals surface area contributed by atoms with Gasteiger partial charge in [0.05, 0.1) is 5.92 Å². The minimum Gasteiger partial charge on any atom is -0.389 e. The molecule has 1 amide bonds. The predicted octanol–water partition coefficient (Wildman–Crippen LogP) is 0.534. The molecule has 1 atom stereocenters. The number of nitrogens with one attached hydrogen (secondary N) is 1. The van der Waals surface area contributed by atoms with Gasteiger partial charge in [0.25, 0.3) is 0 Å². The molecule has 6 heteroatoms. The summed E-state index contributed by atoms with van der Waals surface area (Å²) in [6, 6.07) is 3.66. The highest BCUT2D eigenvalue weighted by Crippen LogP contribution is 2.11. The SMILES string of the molecule is CNC(=O)C(C)CN(C)c1ccc(C(N)=S)cn1. The van der Waals surface area contributed by atoms with E-state index in [4.69, 9.17) is 18.0 Å². The Bertz CT molecular complexity index is 432. The third-order valence-electron chi connectivity index (χ3n) is 2.67. The van der Waals surface area contributed by atoms with Crippen LogP contribution in [0.2, 0.25) is 0 Å². The maximum absolute atomic E-state index is 11.4. The van der Waals surface area contributed by atoms with Gasteiger partial charge in [-0.05, 0) is 12.1 Å². The van der Waals surface area contributed by atoms with Crippen LogP contribution in [0, 0.1) is 5.92 Å². The summed E-state index contributed by atoms with van der Waals surface area (Å²) in [5.41, 5.74) is 6.24. The summed E-state index contributed by atoms with van der Waals surface area (Å²) in [7, 11) is 3.52. The second-order valence-electron chi connectivity index (χ2n) is 4.17. The number of pyridine rings is 1. The topological polar surface area (TPSA) is 71.2 Å². The summed E-state index contributed by atoms with van der Waals surface area (Å²) < 4.78 is 0. The van der Waals surface area contributed by atoms with Crippen molar-refractivity contribution in [3.05, 3.63) is 23.9 Å². The molecule has 0 fully saturated rings. The lowest BCUT2D eigenvalue weighted by atomic mass is 10.1. The molecular weight excluding hydrogens is 248 g/mol. The molecule has 0 aliphatic carbocycles. The normalized spacial score (nSPS) is 11.7. The summed E-state index contributed by atoms with van der Waals surface area (Å²) in [6.07, 6.45) is 1.64. The molecule has 1 unspecified atom stereocenters. The van der Waals surface area contributed by atoms with E-state index in [2.05, 4.69) is 10.3 Å². The summed E-state index contributed by atoms with van der Waals surface area (Å²) in [5.74, 6) is 0.699. The average Bonchev–Trinajstić information content (AvgIpc) is 2.37. The Hall–Kier alpha value is -1.69. The van der Waals surface area contributed by atoms with Gasteiger partial charge < -0.3 is 16.0 Å². The van der Waals surface area contributed by atoms with Crippen molar-refractivity contribution in [2.75, 3.05) is 25.5 Å². The Kier molecular flexibility index (Phi) is 5.03. The first kappa shape index (κ1) is 14.4. The number of nitrogens with zero attached hydrogens (tertiary/aromatic N) is 2. The van der Waals surface area contributed by atoms with E-state index < -0.39 is 0 Å². The fourth-order valence-electron chi connectivity index (χ4n) is 1.59. The van der Waals surface area contributed by atoms with Crippen molar-refractivity contribution < 1.29 is 4.79 Å². The highest BCUT2D eigenvalue weighted by atomic mass is 32.1. The van der Waals surface area contributed by atoms with Gasteiger partial charge in [-0.2, -0.15) is 0 Å². The van der Waals surface area contributed by atoms with Crippen LogP contribution in [-0.4, -0.2) is 36.5 Å². The van der Waals surface area contributed by atoms with Gasteiger partial charge in [0.15, 0.2) is 0 Å². The van der Waals surface area contributed by atoms with E-state index in [-0.39, 0.29) is 11.8 Å². The number of hydrogen-bond donors (Lipinski definition) is 2. The molecule has 1 aromatic heterocycles. The predicted molar refractivity (Wildman–Crippen MR) is 76.6 cm³/mol. The molecule has 1 rings (SSSR count). The quantitative estimate of drug-likeness (QED) is 0.761. The lowest BCUT2D eigenvalue weighted by Crippen LogP contribution is -2.34. The van der Waals surface area contributed by atoms with E-state index >= 15 is 0 Å². The molecule has 0 aliphatic rings. The Labute approximate surface area is 112 Å². The number of amides is 1. The van der Waals surface area contributed by atoms with Crippen molar-refractivity contribution in [1.29, 1.82) is 0 Å². The van der Waals surface area contributed by atoms with E-state index in [1.54, 1.807) is 13.2 Å². The summed E-state index contributed by atoms with van der Waals surface area (Å²) in [4.78, 5) is 17.9. The minimum absolute atomic E-state index is 0.0154. The monoisotopic (exact) mass is 266 g/mol. The van der Waals surface area contributed by atoms with Crippen molar-refractivity contribution in [3.63, 3.8) is 0 Å². The van der Waals surface area contributed by atoms with Gasteiger partial charge in [-0.1, -0.05) is 19.1 Å². The molecule has 0 radical (unpaired) electrons. The molecule has 5 nitrogen and oxygen atoms in total. The minimum atomic E-state index is -0.0999. The Morgan fingerprint density at radius 1 is 1.61 bits per heavy atom. The Morgan fingerprint density at radius 3 is 2.72 bits per heavy atom. The molecule has 0 saturated carbocycles. The van der Waals surface area contributed by atoms with Crippen molar-refractivity contribution in [2.45, 2.75) is 6.92 Å². The molecule has 0 saturated heterocycles. The van der Waals surface area contributed by atoms with Gasteiger partial charge in [0, 0.05) is 32.4 Å². The first-order valence-corrected chi connectivity index (χ1v) is 6.05. The van der Waals surface area contributed by atoms with Crippen LogP contribution in [0.1, 0.15) is 12.5 Å². The first-order chi connectivity index (χ1) is 8.45. The molecule has 0 spiro atoms. The van der Waals surface area contributed by atoms with Gasteiger partial charge >= 0.3 is 0 Å². The molecule has 3 N–H and O–H groups in total. The highest BCUT2D eigenvalue weighted by molar-refractivity contribution is 7.80. The van der Waals surface area contributed by atoms with Crippen molar-refractivity contribution in [1.82, 2.24) is 10.3 Å². The lowest BCUT2D eigenvalue weighted by Gasteiger charge is -2.21. The van der Waals surface area contributed by atoms with Gasteiger partial charge in [-0.25, -0.2) is 4.98 Å². The molecule has 1 heterocycles. The van der Waals surface area contributed by atoms with Crippen molar-refractivity contribution in [3.8, 4) is 0 Å². The lowest BCUT2D eigenvalue weighted by molar-refractivity contribution is -0.123. The van der Waals surface area contributed by atoms with Gasteiger partial charge in [0.2, 0.25) is 5.91 Å². The number of nitrogens with two attached hydrogens (primary N) is 1. The zero-order chi connectivity index (χ0) is 13.7. The van der Waals surface area contributed by atoms with E-state index in [0.29, 0.717) is 11.5 Å². The summed E-state index contributed by atoms with van der Waals surface area (Å²) in [5, 5.41) is 2.63. The molecule has 18 heavy (non-hydrogen) atoms. The first-order valence-electron chi connectivity index (χ1n) is 5.64. The zero-order valence-corrected chi connectivity index (χ0v) is 11.6. The van der Waals surface area contributed by atoms with E-state index in [0.717, 1.165) is 11.4 Å². The van der Waals surface area contributed by atoms with Crippen LogP contribution in [0.4, 0.5) is 5.82 Å². The molecule has 0 aliphatic heterocycles.